The van der Waals surface area contributed by atoms with Gasteiger partial charge in [-0.1, -0.05) is 37.6 Å². The van der Waals surface area contributed by atoms with E-state index in [1.165, 1.54) is 6.20 Å². The fourth-order valence-electron chi connectivity index (χ4n) is 4.07. The number of nitrogens with one attached hydrogen (secondary N) is 1. The van der Waals surface area contributed by atoms with E-state index in [1.54, 1.807) is 17.1 Å². The number of rotatable bonds is 9. The van der Waals surface area contributed by atoms with Crippen LogP contribution in [0.25, 0.3) is 0 Å². The predicted octanol–water partition coefficient (Wildman–Crippen LogP) is 3.50. The number of carboxylic acid groups (broad SMARTS) is 1. The van der Waals surface area contributed by atoms with E-state index >= 15 is 0 Å². The number of amides is 1. The highest BCUT2D eigenvalue weighted by molar-refractivity contribution is 6.32. The molecule has 2 heterocycles. The lowest BCUT2D eigenvalue weighted by Crippen LogP contribution is -2.45. The molecule has 3 rings (SSSR count). The number of hydrogen-bond acceptors (Lipinski definition) is 7. The largest absolute Gasteiger partial charge is 0.481 e. The van der Waals surface area contributed by atoms with Crippen LogP contribution in [0.2, 0.25) is 5.02 Å². The molecule has 0 saturated carbocycles. The summed E-state index contributed by atoms with van der Waals surface area (Å²) in [7, 11) is 0. The zero-order chi connectivity index (χ0) is 24.7. The maximum Gasteiger partial charge on any atom is 0.303 e. The molecule has 1 aliphatic heterocycles. The highest BCUT2D eigenvalue weighted by Gasteiger charge is 2.22. The van der Waals surface area contributed by atoms with Gasteiger partial charge >= 0.3 is 5.97 Å². The Hall–Kier alpha value is -3.22. The van der Waals surface area contributed by atoms with Crippen LogP contribution in [0.1, 0.15) is 54.9 Å². The van der Waals surface area contributed by atoms with E-state index in [2.05, 4.69) is 20.3 Å². The number of hydrogen-bond donors (Lipinski definition) is 2. The maximum atomic E-state index is 13.0. The Morgan fingerprint density at radius 3 is 2.74 bits per heavy atom. The van der Waals surface area contributed by atoms with Crippen LogP contribution >= 0.6 is 11.6 Å². The van der Waals surface area contributed by atoms with Crippen molar-refractivity contribution >= 4 is 29.3 Å². The number of hydrazine groups is 1. The first-order valence-corrected chi connectivity index (χ1v) is 11.7. The number of nitrogens with zero attached hydrogens (tertiary/aromatic N) is 5. The molecule has 34 heavy (non-hydrogen) atoms. The average molecular weight is 485 g/mol. The van der Waals surface area contributed by atoms with Crippen molar-refractivity contribution in [3.63, 3.8) is 0 Å². The van der Waals surface area contributed by atoms with Gasteiger partial charge in [-0.05, 0) is 48.9 Å². The fraction of sp³-hybridized carbons (Fsp3) is 0.458. The van der Waals surface area contributed by atoms with Crippen molar-refractivity contribution in [2.24, 2.45) is 11.8 Å². The van der Waals surface area contributed by atoms with Crippen LogP contribution in [-0.4, -0.2) is 51.5 Å². The van der Waals surface area contributed by atoms with Crippen LogP contribution in [0, 0.1) is 23.2 Å². The van der Waals surface area contributed by atoms with E-state index in [0.717, 1.165) is 31.5 Å². The number of piperidine rings is 1. The van der Waals surface area contributed by atoms with Crippen molar-refractivity contribution in [1.29, 1.82) is 5.26 Å². The van der Waals surface area contributed by atoms with Crippen molar-refractivity contribution in [3.05, 3.63) is 52.4 Å². The first kappa shape index (κ1) is 25.4. The monoisotopic (exact) mass is 484 g/mol. The lowest BCUT2D eigenvalue weighted by molar-refractivity contribution is -0.138. The van der Waals surface area contributed by atoms with Crippen LogP contribution < -0.4 is 10.4 Å². The lowest BCUT2D eigenvalue weighted by atomic mass is 9.94. The smallest absolute Gasteiger partial charge is 0.303 e. The van der Waals surface area contributed by atoms with Gasteiger partial charge in [0.1, 0.15) is 11.1 Å². The molecule has 180 valence electrons. The third-order valence-electron chi connectivity index (χ3n) is 5.55. The second kappa shape index (κ2) is 11.8. The Morgan fingerprint density at radius 2 is 2.09 bits per heavy atom. The highest BCUT2D eigenvalue weighted by atomic mass is 35.5. The van der Waals surface area contributed by atoms with Crippen LogP contribution in [0.4, 0.5) is 5.82 Å². The van der Waals surface area contributed by atoms with E-state index < -0.39 is 5.97 Å². The minimum atomic E-state index is -0.749. The molecule has 0 bridgehead atoms. The molecule has 1 unspecified atom stereocenters. The summed E-state index contributed by atoms with van der Waals surface area (Å²) in [5.74, 6) is -0.462. The fourth-order valence-corrected chi connectivity index (χ4v) is 4.26. The SMILES string of the molecule is CC(C)CN(NC(=O)c1ccc(CN2CCCC(CC(=O)O)C2)cc1)c1nc(C#N)ncc1Cl. The second-order valence-electron chi connectivity index (χ2n) is 8.96. The minimum absolute atomic E-state index is 0.0323. The lowest BCUT2D eigenvalue weighted by Gasteiger charge is -2.32. The third-order valence-corrected chi connectivity index (χ3v) is 5.82. The van der Waals surface area contributed by atoms with Crippen molar-refractivity contribution in [1.82, 2.24) is 20.3 Å². The van der Waals surface area contributed by atoms with Gasteiger partial charge in [-0.2, -0.15) is 10.2 Å². The number of carbonyl (C=O) groups is 2. The molecule has 1 saturated heterocycles. The van der Waals surface area contributed by atoms with Crippen molar-refractivity contribution in [2.45, 2.75) is 39.7 Å². The van der Waals surface area contributed by atoms with Gasteiger partial charge < -0.3 is 5.11 Å². The van der Waals surface area contributed by atoms with Gasteiger partial charge in [-0.25, -0.2) is 4.98 Å². The number of likely N-dealkylation sites (tertiary alicyclic amines) is 1. The Kier molecular flexibility index (Phi) is 8.79. The summed E-state index contributed by atoms with van der Waals surface area (Å²) in [6, 6.07) is 9.23. The minimum Gasteiger partial charge on any atom is -0.481 e. The summed E-state index contributed by atoms with van der Waals surface area (Å²) in [5, 5.41) is 20.0. The standard InChI is InChI=1S/C24H29ClN6O3/c1-16(2)13-31(23-20(25)12-27-21(11-26)28-23)29-24(34)19-7-5-17(6-8-19)14-30-9-3-4-18(15-30)10-22(32)33/h5-8,12,16,18H,3-4,9-10,13-15H2,1-2H3,(H,29,34)(H,32,33). The molecular formula is C24H29ClN6O3. The molecule has 9 nitrogen and oxygen atoms in total. The van der Waals surface area contributed by atoms with Crippen molar-refractivity contribution in [3.8, 4) is 6.07 Å². The Balaban J connectivity index is 1.67. The molecule has 1 aromatic heterocycles. The zero-order valence-electron chi connectivity index (χ0n) is 19.4. The summed E-state index contributed by atoms with van der Waals surface area (Å²) in [5.41, 5.74) is 4.38. The number of benzene rings is 1. The predicted molar refractivity (Wildman–Crippen MR) is 128 cm³/mol. The molecule has 10 heteroatoms. The summed E-state index contributed by atoms with van der Waals surface area (Å²) in [6.45, 7) is 6.85. The molecular weight excluding hydrogens is 456 g/mol. The third kappa shape index (κ3) is 7.14. The summed E-state index contributed by atoms with van der Waals surface area (Å²) in [4.78, 5) is 34.3. The number of aliphatic carboxylic acids is 1. The molecule has 0 spiro atoms. The molecule has 1 amide bonds. The number of carboxylic acids is 1. The van der Waals surface area contributed by atoms with Gasteiger partial charge in [0, 0.05) is 31.6 Å². The van der Waals surface area contributed by atoms with Gasteiger partial charge in [0.2, 0.25) is 5.82 Å². The highest BCUT2D eigenvalue weighted by Crippen LogP contribution is 2.23. The topological polar surface area (TPSA) is 122 Å². The van der Waals surface area contributed by atoms with E-state index in [1.807, 2.05) is 32.0 Å². The van der Waals surface area contributed by atoms with Gasteiger partial charge in [0.15, 0.2) is 5.82 Å². The first-order chi connectivity index (χ1) is 16.2. The summed E-state index contributed by atoms with van der Waals surface area (Å²) < 4.78 is 0. The average Bonchev–Trinajstić information content (AvgIpc) is 2.79. The zero-order valence-corrected chi connectivity index (χ0v) is 20.1. The number of aromatic nitrogens is 2. The molecule has 1 fully saturated rings. The second-order valence-corrected chi connectivity index (χ2v) is 9.37. The summed E-state index contributed by atoms with van der Waals surface area (Å²) >= 11 is 6.25. The molecule has 2 N–H and O–H groups in total. The number of anilines is 1. The van der Waals surface area contributed by atoms with Crippen LogP contribution in [-0.2, 0) is 11.3 Å². The van der Waals surface area contributed by atoms with E-state index in [0.29, 0.717) is 18.7 Å². The van der Waals surface area contributed by atoms with Crippen molar-refractivity contribution < 1.29 is 14.7 Å². The van der Waals surface area contributed by atoms with E-state index in [-0.39, 0.29) is 40.8 Å². The number of carbonyl (C=O) groups excluding carboxylic acids is 1. The molecule has 1 aromatic carbocycles. The molecule has 1 aliphatic rings. The van der Waals surface area contributed by atoms with Crippen molar-refractivity contribution in [2.75, 3.05) is 24.6 Å². The quantitative estimate of drug-likeness (QED) is 0.518. The van der Waals surface area contributed by atoms with Crippen LogP contribution in [0.3, 0.4) is 0 Å². The van der Waals surface area contributed by atoms with Gasteiger partial charge in [-0.3, -0.25) is 24.9 Å². The van der Waals surface area contributed by atoms with Crippen LogP contribution in [0.5, 0.6) is 0 Å². The van der Waals surface area contributed by atoms with E-state index in [4.69, 9.17) is 22.0 Å². The maximum absolute atomic E-state index is 13.0. The molecule has 0 aliphatic carbocycles. The van der Waals surface area contributed by atoms with Gasteiger partial charge in [-0.15, -0.1) is 0 Å². The Morgan fingerprint density at radius 1 is 1.35 bits per heavy atom. The van der Waals surface area contributed by atoms with Gasteiger partial charge in [0.05, 0.1) is 6.20 Å². The summed E-state index contributed by atoms with van der Waals surface area (Å²) in [6.07, 6.45) is 3.48. The Bertz CT molecular complexity index is 1050. The number of nitriles is 1. The molecule has 0 radical (unpaired) electrons. The normalized spacial score (nSPS) is 16.1. The van der Waals surface area contributed by atoms with Crippen LogP contribution in [0.15, 0.2) is 30.5 Å². The molecule has 1 atom stereocenters. The molecule has 2 aromatic rings. The Labute approximate surface area is 204 Å². The first-order valence-electron chi connectivity index (χ1n) is 11.3. The van der Waals surface area contributed by atoms with Gasteiger partial charge in [0.25, 0.3) is 5.91 Å². The number of halogens is 1. The van der Waals surface area contributed by atoms with E-state index in [9.17, 15) is 9.59 Å².